The van der Waals surface area contributed by atoms with Crippen LogP contribution in [0.25, 0.3) is 10.9 Å². The molecule has 0 saturated carbocycles. The van der Waals surface area contributed by atoms with E-state index in [1.54, 1.807) is 19.2 Å². The van der Waals surface area contributed by atoms with Gasteiger partial charge in [-0.3, -0.25) is 9.59 Å². The summed E-state index contributed by atoms with van der Waals surface area (Å²) in [6, 6.07) is 4.61. The minimum Gasteiger partial charge on any atom is -0.302 e. The van der Waals surface area contributed by atoms with Crippen LogP contribution in [-0.4, -0.2) is 14.8 Å². The number of hydrogen-bond donors (Lipinski definition) is 0. The lowest BCUT2D eigenvalue weighted by Crippen LogP contribution is -2.17. The number of benzene rings is 1. The quantitative estimate of drug-likeness (QED) is 0.684. The summed E-state index contributed by atoms with van der Waals surface area (Å²) >= 11 is 5.33. The van der Waals surface area contributed by atoms with Crippen LogP contribution in [0.15, 0.2) is 29.3 Å². The van der Waals surface area contributed by atoms with Gasteiger partial charge in [0.1, 0.15) is 0 Å². The Morgan fingerprint density at radius 2 is 2.20 bits per heavy atom. The molecule has 0 saturated heterocycles. The van der Waals surface area contributed by atoms with Gasteiger partial charge in [-0.2, -0.15) is 0 Å². The van der Waals surface area contributed by atoms with Crippen LogP contribution < -0.4 is 5.56 Å². The summed E-state index contributed by atoms with van der Waals surface area (Å²) in [5.41, 5.74) is 0.661. The molecule has 0 fully saturated rings. The Morgan fingerprint density at radius 3 is 2.87 bits per heavy atom. The van der Waals surface area contributed by atoms with Gasteiger partial charge in [0, 0.05) is 12.6 Å². The molecule has 0 N–H and O–H groups in total. The molecule has 2 rings (SSSR count). The van der Waals surface area contributed by atoms with Gasteiger partial charge in [-0.05, 0) is 29.8 Å². The second kappa shape index (κ2) is 3.47. The molecule has 0 atom stereocenters. The van der Waals surface area contributed by atoms with Crippen LogP contribution in [0.4, 0.5) is 0 Å². The average Bonchev–Trinajstić information content (AvgIpc) is 2.23. The van der Waals surface area contributed by atoms with Gasteiger partial charge in [0.2, 0.25) is 0 Å². The van der Waals surface area contributed by atoms with E-state index in [1.807, 2.05) is 0 Å². The SMILES string of the molecule is Cn1cnc2ccc(C(=O)Cl)cc2c1=O. The molecule has 0 aliphatic carbocycles. The highest BCUT2D eigenvalue weighted by Crippen LogP contribution is 2.11. The van der Waals surface area contributed by atoms with Crippen LogP contribution >= 0.6 is 11.6 Å². The van der Waals surface area contributed by atoms with Gasteiger partial charge < -0.3 is 4.57 Å². The maximum absolute atomic E-state index is 11.7. The van der Waals surface area contributed by atoms with Crippen molar-refractivity contribution in [3.05, 3.63) is 40.4 Å². The first-order valence-electron chi connectivity index (χ1n) is 4.25. The second-order valence-electron chi connectivity index (χ2n) is 3.17. The van der Waals surface area contributed by atoms with Gasteiger partial charge in [-0.25, -0.2) is 4.98 Å². The molecule has 5 heteroatoms. The number of fused-ring (bicyclic) bond motifs is 1. The van der Waals surface area contributed by atoms with Gasteiger partial charge in [-0.1, -0.05) is 0 Å². The number of rotatable bonds is 1. The van der Waals surface area contributed by atoms with Crippen LogP contribution in [0.5, 0.6) is 0 Å². The van der Waals surface area contributed by atoms with Gasteiger partial charge >= 0.3 is 0 Å². The van der Waals surface area contributed by atoms with Crippen molar-refractivity contribution in [2.45, 2.75) is 0 Å². The summed E-state index contributed by atoms with van der Waals surface area (Å²) in [6.45, 7) is 0. The fourth-order valence-electron chi connectivity index (χ4n) is 1.33. The van der Waals surface area contributed by atoms with Crippen molar-refractivity contribution in [3.8, 4) is 0 Å². The van der Waals surface area contributed by atoms with Crippen molar-refractivity contribution in [1.29, 1.82) is 0 Å². The molecule has 15 heavy (non-hydrogen) atoms. The summed E-state index contributed by atoms with van der Waals surface area (Å²) < 4.78 is 1.35. The monoisotopic (exact) mass is 222 g/mol. The number of aryl methyl sites for hydroxylation is 1. The zero-order chi connectivity index (χ0) is 11.0. The normalized spacial score (nSPS) is 10.5. The molecule has 4 nitrogen and oxygen atoms in total. The number of aromatic nitrogens is 2. The zero-order valence-corrected chi connectivity index (χ0v) is 8.65. The number of nitrogens with zero attached hydrogens (tertiary/aromatic N) is 2. The predicted octanol–water partition coefficient (Wildman–Crippen LogP) is 1.31. The molecule has 0 amide bonds. The molecule has 1 aromatic heterocycles. The predicted molar refractivity (Wildman–Crippen MR) is 57.2 cm³/mol. The summed E-state index contributed by atoms with van der Waals surface area (Å²) in [4.78, 5) is 26.6. The molecule has 1 aromatic carbocycles. The van der Waals surface area contributed by atoms with Crippen molar-refractivity contribution >= 4 is 27.7 Å². The van der Waals surface area contributed by atoms with E-state index in [4.69, 9.17) is 11.6 Å². The molecule has 0 bridgehead atoms. The lowest BCUT2D eigenvalue weighted by atomic mass is 10.1. The van der Waals surface area contributed by atoms with E-state index >= 15 is 0 Å². The van der Waals surface area contributed by atoms with E-state index in [1.165, 1.54) is 17.0 Å². The first-order valence-corrected chi connectivity index (χ1v) is 4.62. The van der Waals surface area contributed by atoms with Crippen LogP contribution in [0.2, 0.25) is 0 Å². The maximum Gasteiger partial charge on any atom is 0.260 e. The van der Waals surface area contributed by atoms with Crippen molar-refractivity contribution < 1.29 is 4.79 Å². The molecule has 0 aliphatic rings. The highest BCUT2D eigenvalue weighted by molar-refractivity contribution is 6.67. The Labute approximate surface area is 90.1 Å². The summed E-state index contributed by atoms with van der Waals surface area (Å²) in [6.07, 6.45) is 1.44. The Bertz CT molecular complexity index is 604. The summed E-state index contributed by atoms with van der Waals surface area (Å²) in [5, 5.41) is -0.186. The summed E-state index contributed by atoms with van der Waals surface area (Å²) in [7, 11) is 1.60. The van der Waals surface area contributed by atoms with E-state index in [9.17, 15) is 9.59 Å². The highest BCUT2D eigenvalue weighted by Gasteiger charge is 2.06. The fourth-order valence-corrected chi connectivity index (χ4v) is 1.45. The Balaban J connectivity index is 2.85. The number of carbonyl (C=O) groups excluding carboxylic acids is 1. The lowest BCUT2D eigenvalue weighted by Gasteiger charge is -2.00. The topological polar surface area (TPSA) is 52.0 Å². The molecular formula is C10H7ClN2O2. The number of carbonyl (C=O) groups is 1. The maximum atomic E-state index is 11.7. The van der Waals surface area contributed by atoms with Crippen LogP contribution in [0.1, 0.15) is 10.4 Å². The standard InChI is InChI=1S/C10H7ClN2O2/c1-13-5-12-8-3-2-6(9(11)14)4-7(8)10(13)15/h2-5H,1H3. The minimum atomic E-state index is -0.581. The fraction of sp³-hybridized carbons (Fsp3) is 0.100. The molecule has 0 aliphatic heterocycles. The van der Waals surface area contributed by atoms with Crippen molar-refractivity contribution in [3.63, 3.8) is 0 Å². The van der Waals surface area contributed by atoms with E-state index in [0.717, 1.165) is 0 Å². The second-order valence-corrected chi connectivity index (χ2v) is 3.51. The van der Waals surface area contributed by atoms with Crippen LogP contribution in [-0.2, 0) is 7.05 Å². The van der Waals surface area contributed by atoms with E-state index in [-0.39, 0.29) is 5.56 Å². The van der Waals surface area contributed by atoms with Crippen molar-refractivity contribution in [2.75, 3.05) is 0 Å². The van der Waals surface area contributed by atoms with Gasteiger partial charge in [0.25, 0.3) is 10.8 Å². The zero-order valence-electron chi connectivity index (χ0n) is 7.90. The molecule has 1 heterocycles. The smallest absolute Gasteiger partial charge is 0.260 e. The molecule has 0 spiro atoms. The Kier molecular flexibility index (Phi) is 2.28. The van der Waals surface area contributed by atoms with E-state index in [0.29, 0.717) is 16.5 Å². The minimum absolute atomic E-state index is 0.195. The van der Waals surface area contributed by atoms with Crippen LogP contribution in [0.3, 0.4) is 0 Å². The third-order valence-electron chi connectivity index (χ3n) is 2.14. The molecule has 2 aromatic rings. The molecular weight excluding hydrogens is 216 g/mol. The lowest BCUT2D eigenvalue weighted by molar-refractivity contribution is 0.108. The largest absolute Gasteiger partial charge is 0.302 e. The number of hydrogen-bond acceptors (Lipinski definition) is 3. The van der Waals surface area contributed by atoms with Gasteiger partial charge in [0.15, 0.2) is 0 Å². The van der Waals surface area contributed by atoms with Gasteiger partial charge in [0.05, 0.1) is 17.2 Å². The highest BCUT2D eigenvalue weighted by atomic mass is 35.5. The number of halogens is 1. The van der Waals surface area contributed by atoms with E-state index < -0.39 is 5.24 Å². The first kappa shape index (κ1) is 9.86. The molecule has 0 unspecified atom stereocenters. The van der Waals surface area contributed by atoms with Crippen LogP contribution in [0, 0.1) is 0 Å². The average molecular weight is 223 g/mol. The van der Waals surface area contributed by atoms with Crippen molar-refractivity contribution in [2.24, 2.45) is 7.05 Å². The molecule has 0 radical (unpaired) electrons. The Morgan fingerprint density at radius 1 is 1.47 bits per heavy atom. The third kappa shape index (κ3) is 1.64. The van der Waals surface area contributed by atoms with Crippen molar-refractivity contribution in [1.82, 2.24) is 9.55 Å². The van der Waals surface area contributed by atoms with Gasteiger partial charge in [-0.15, -0.1) is 0 Å². The third-order valence-corrected chi connectivity index (χ3v) is 2.36. The summed E-state index contributed by atoms with van der Waals surface area (Å²) in [5.74, 6) is 0. The first-order chi connectivity index (χ1) is 7.09. The Hall–Kier alpha value is -1.68. The van der Waals surface area contributed by atoms with E-state index in [2.05, 4.69) is 4.98 Å². The molecule has 76 valence electrons.